The molecule has 0 saturated carbocycles. The second kappa shape index (κ2) is 1.75. The van der Waals surface area contributed by atoms with Crippen LogP contribution in [0.25, 0.3) is 0 Å². The monoisotopic (exact) mass is 180 g/mol. The third-order valence-electron chi connectivity index (χ3n) is 0.0942. The van der Waals surface area contributed by atoms with Crippen molar-refractivity contribution in [2.75, 3.05) is 0 Å². The first-order valence-electron chi connectivity index (χ1n) is 0.865. The number of hydrogen-bond acceptors (Lipinski definition) is 4. The van der Waals surface area contributed by atoms with Crippen LogP contribution in [0, 0.1) is 0 Å². The molecule has 0 aliphatic carbocycles. The molecule has 38 valence electrons. The van der Waals surface area contributed by atoms with Crippen molar-refractivity contribution < 1.29 is 36.1 Å². The van der Waals surface area contributed by atoms with Crippen LogP contribution < -0.4 is 0 Å². The fourth-order valence-electron chi connectivity index (χ4n) is 0. The van der Waals surface area contributed by atoms with Gasteiger partial charge in [0.25, 0.3) is 0 Å². The molecule has 5 nitrogen and oxygen atoms in total. The summed E-state index contributed by atoms with van der Waals surface area (Å²) in [7, 11) is 0. The summed E-state index contributed by atoms with van der Waals surface area (Å²) in [5.74, 6) is 0. The van der Waals surface area contributed by atoms with Crippen LogP contribution in [0.15, 0.2) is 0 Å². The van der Waals surface area contributed by atoms with Gasteiger partial charge in [-0.15, -0.1) is 0 Å². The summed E-state index contributed by atoms with van der Waals surface area (Å²) in [6.07, 6.45) is 0. The van der Waals surface area contributed by atoms with Crippen LogP contribution in [-0.2, 0) is 27.1 Å². The van der Waals surface area contributed by atoms with Gasteiger partial charge < -0.3 is 0 Å². The molecule has 6 heavy (non-hydrogen) atoms. The van der Waals surface area contributed by atoms with E-state index in [1.807, 2.05) is 0 Å². The molecule has 0 fully saturated rings. The van der Waals surface area contributed by atoms with Crippen LogP contribution in [0.2, 0.25) is 0 Å². The van der Waals surface area contributed by atoms with E-state index in [1.165, 1.54) is 0 Å². The van der Waals surface area contributed by atoms with E-state index < -0.39 is 16.7 Å². The molecule has 2 N–H and O–H groups in total. The first kappa shape index (κ1) is 6.17. The van der Waals surface area contributed by atoms with E-state index in [2.05, 4.69) is 3.54 Å². The number of rotatable bonds is 1. The second-order valence-electron chi connectivity index (χ2n) is 0.502. The quantitative estimate of drug-likeness (QED) is 0.310. The Labute approximate surface area is 36.8 Å². The molecule has 0 aromatic carbocycles. The van der Waals surface area contributed by atoms with Crippen LogP contribution in [0.5, 0.6) is 0 Å². The molecule has 0 saturated heterocycles. The van der Waals surface area contributed by atoms with E-state index in [1.54, 1.807) is 0 Å². The van der Waals surface area contributed by atoms with Crippen LogP contribution in [0.1, 0.15) is 0 Å². The zero-order valence-corrected chi connectivity index (χ0v) is 4.53. The van der Waals surface area contributed by atoms with Gasteiger partial charge in [0, 0.05) is 0 Å². The molecule has 0 heterocycles. The van der Waals surface area contributed by atoms with E-state index in [9.17, 15) is 6.80 Å². The predicted octanol–water partition coefficient (Wildman–Crippen LogP) is -0.857. The van der Waals surface area contributed by atoms with Gasteiger partial charge >= 0.3 is 36.1 Å². The SMILES string of the molecule is [O]=[Mo](=[O])([OH])[O]O. The summed E-state index contributed by atoms with van der Waals surface area (Å²) < 4.78 is 28.4. The molecule has 0 aliphatic rings. The minimum atomic E-state index is -5.51. The first-order valence-corrected chi connectivity index (χ1v) is 4.22. The van der Waals surface area contributed by atoms with Gasteiger partial charge in [-0.25, -0.2) is 0 Å². The van der Waals surface area contributed by atoms with Crippen LogP contribution in [0.4, 0.5) is 0 Å². The third-order valence-corrected chi connectivity index (χ3v) is 0.557. The van der Waals surface area contributed by atoms with Gasteiger partial charge in [0.15, 0.2) is 0 Å². The van der Waals surface area contributed by atoms with Crippen LogP contribution in [-0.4, -0.2) is 9.02 Å². The van der Waals surface area contributed by atoms with Crippen molar-refractivity contribution in [2.45, 2.75) is 0 Å². The average molecular weight is 178 g/mol. The molecule has 0 aromatic rings. The molecule has 0 aliphatic heterocycles. The topological polar surface area (TPSA) is 83.8 Å². The van der Waals surface area contributed by atoms with E-state index in [4.69, 9.17) is 9.02 Å². The predicted molar refractivity (Wildman–Crippen MR) is 7.31 cm³/mol. The van der Waals surface area contributed by atoms with Gasteiger partial charge in [-0.05, 0) is 0 Å². The van der Waals surface area contributed by atoms with E-state index in [0.717, 1.165) is 0 Å². The molecule has 0 unspecified atom stereocenters. The average Bonchev–Trinajstić information content (AvgIpc) is 1.35. The Hall–Kier alpha value is 0.168. The second-order valence-corrected chi connectivity index (χ2v) is 2.97. The van der Waals surface area contributed by atoms with Crippen LogP contribution in [0.3, 0.4) is 0 Å². The van der Waals surface area contributed by atoms with Crippen molar-refractivity contribution in [3.63, 3.8) is 0 Å². The Morgan fingerprint density at radius 3 is 1.67 bits per heavy atom. The molecule has 0 rings (SSSR count). The van der Waals surface area contributed by atoms with Crippen molar-refractivity contribution in [2.24, 2.45) is 0 Å². The zero-order chi connectivity index (χ0) is 5.21. The van der Waals surface area contributed by atoms with Gasteiger partial charge in [0.05, 0.1) is 0 Å². The molecule has 0 atom stereocenters. The summed E-state index contributed by atoms with van der Waals surface area (Å²) >= 11 is -5.51. The van der Waals surface area contributed by atoms with Gasteiger partial charge in [0.2, 0.25) is 0 Å². The van der Waals surface area contributed by atoms with Crippen LogP contribution >= 0.6 is 0 Å². The Morgan fingerprint density at radius 1 is 1.50 bits per heavy atom. The van der Waals surface area contributed by atoms with Crippen molar-refractivity contribution in [1.29, 1.82) is 0 Å². The van der Waals surface area contributed by atoms with Crippen molar-refractivity contribution in [3.05, 3.63) is 0 Å². The van der Waals surface area contributed by atoms with E-state index in [-0.39, 0.29) is 0 Å². The fourth-order valence-corrected chi connectivity index (χ4v) is 0. The summed E-state index contributed by atoms with van der Waals surface area (Å²) in [4.78, 5) is 0. The van der Waals surface area contributed by atoms with Crippen molar-refractivity contribution >= 4 is 0 Å². The summed E-state index contributed by atoms with van der Waals surface area (Å²) in [5.41, 5.74) is 0. The Kier molecular flexibility index (Phi) is 1.80. The Bertz CT molecular complexity index is 106. The maximum absolute atomic E-state index is 9.19. The first-order chi connectivity index (χ1) is 2.56. The molecule has 0 bridgehead atoms. The molecule has 0 spiro atoms. The maximum atomic E-state index is 9.19. The number of hydrogen-bond donors (Lipinski definition) is 2. The zero-order valence-electron chi connectivity index (χ0n) is 2.53. The Morgan fingerprint density at radius 2 is 1.67 bits per heavy atom. The van der Waals surface area contributed by atoms with E-state index in [0.29, 0.717) is 0 Å². The molecule has 0 amide bonds. The normalized spacial score (nSPS) is 11.7. The van der Waals surface area contributed by atoms with Gasteiger partial charge in [-0.1, -0.05) is 0 Å². The molecule has 0 aromatic heterocycles. The summed E-state index contributed by atoms with van der Waals surface area (Å²) in [6.45, 7) is 0. The van der Waals surface area contributed by atoms with Gasteiger partial charge in [0.1, 0.15) is 0 Å². The summed E-state index contributed by atoms with van der Waals surface area (Å²) in [5, 5.41) is 7.11. The van der Waals surface area contributed by atoms with Crippen molar-refractivity contribution in [1.82, 2.24) is 0 Å². The van der Waals surface area contributed by atoms with Crippen molar-refractivity contribution in [3.8, 4) is 0 Å². The van der Waals surface area contributed by atoms with E-state index >= 15 is 0 Å². The molecular formula is H2MoO5. The summed E-state index contributed by atoms with van der Waals surface area (Å²) in [6, 6.07) is 0. The standard InChI is InChI=1S/Mo.H2O2.H2O.2O/c;1-2;;;/h;1-2H;1H2;;/q+2;;;;/p-2. The molecule has 0 radical (unpaired) electrons. The Balaban J connectivity index is 3.85. The molecular weight excluding hydrogens is 176 g/mol. The van der Waals surface area contributed by atoms with Gasteiger partial charge in [-0.2, -0.15) is 0 Å². The van der Waals surface area contributed by atoms with Gasteiger partial charge in [-0.3, -0.25) is 0 Å². The fraction of sp³-hybridized carbons (Fsp3) is 0. The third kappa shape index (κ3) is 4.17. The minimum absolute atomic E-state index is 2.57. The molecule has 6 heteroatoms.